The average molecular weight is 390 g/mol. The first-order valence-corrected chi connectivity index (χ1v) is 10.6. The molecule has 7 heteroatoms. The average Bonchev–Trinajstić information content (AvgIpc) is 3.45. The van der Waals surface area contributed by atoms with Gasteiger partial charge in [0.05, 0.1) is 0 Å². The molecule has 0 spiro atoms. The Morgan fingerprint density at radius 3 is 2.52 bits per heavy atom. The summed E-state index contributed by atoms with van der Waals surface area (Å²) in [6.07, 6.45) is 9.14. The Morgan fingerprint density at radius 1 is 1.00 bits per heavy atom. The van der Waals surface area contributed by atoms with Crippen LogP contribution in [-0.4, -0.2) is 56.6 Å². The molecule has 1 saturated carbocycles. The minimum atomic E-state index is 0.320. The zero-order valence-corrected chi connectivity index (χ0v) is 16.6. The van der Waals surface area contributed by atoms with Crippen molar-refractivity contribution in [2.75, 3.05) is 31.1 Å². The maximum absolute atomic E-state index is 12.7. The van der Waals surface area contributed by atoms with Crippen LogP contribution in [0.15, 0.2) is 42.9 Å². The molecule has 2 aliphatic rings. The molecule has 29 heavy (non-hydrogen) atoms. The molecule has 0 unspecified atom stereocenters. The summed E-state index contributed by atoms with van der Waals surface area (Å²) in [6, 6.07) is 10.3. The summed E-state index contributed by atoms with van der Waals surface area (Å²) in [6.45, 7) is 3.07. The predicted octanol–water partition coefficient (Wildman–Crippen LogP) is 3.02. The number of nitrogens with zero attached hydrogens (tertiary/aromatic N) is 6. The lowest BCUT2D eigenvalue weighted by atomic mass is 10.0. The summed E-state index contributed by atoms with van der Waals surface area (Å²) >= 11 is 0. The summed E-state index contributed by atoms with van der Waals surface area (Å²) < 4.78 is 1.82. The molecular weight excluding hydrogens is 364 g/mol. The summed E-state index contributed by atoms with van der Waals surface area (Å²) in [4.78, 5) is 25.8. The number of hydrogen-bond acceptors (Lipinski definition) is 5. The zero-order chi connectivity index (χ0) is 19.6. The fourth-order valence-corrected chi connectivity index (χ4v) is 4.65. The van der Waals surface area contributed by atoms with Crippen molar-refractivity contribution in [2.24, 2.45) is 5.92 Å². The number of carbonyl (C=O) groups excluding carboxylic acids is 1. The monoisotopic (exact) mass is 390 g/mol. The predicted molar refractivity (Wildman–Crippen MR) is 112 cm³/mol. The highest BCUT2D eigenvalue weighted by atomic mass is 16.2. The van der Waals surface area contributed by atoms with Crippen molar-refractivity contribution in [2.45, 2.75) is 32.1 Å². The lowest BCUT2D eigenvalue weighted by Crippen LogP contribution is -2.49. The van der Waals surface area contributed by atoms with Crippen molar-refractivity contribution in [3.8, 4) is 11.1 Å². The van der Waals surface area contributed by atoms with E-state index in [2.05, 4.69) is 32.1 Å². The molecule has 0 N–H and O–H groups in total. The molecule has 0 bridgehead atoms. The molecule has 1 saturated heterocycles. The Hall–Kier alpha value is -2.96. The van der Waals surface area contributed by atoms with Crippen LogP contribution in [0.25, 0.3) is 16.9 Å². The number of carbonyl (C=O) groups is 1. The summed E-state index contributed by atoms with van der Waals surface area (Å²) in [5.41, 5.74) is 2.14. The first kappa shape index (κ1) is 18.1. The minimum Gasteiger partial charge on any atom is -0.352 e. The van der Waals surface area contributed by atoms with Crippen molar-refractivity contribution in [3.05, 3.63) is 42.9 Å². The Balaban J connectivity index is 1.37. The maximum atomic E-state index is 12.7. The largest absolute Gasteiger partial charge is 0.352 e. The van der Waals surface area contributed by atoms with E-state index >= 15 is 0 Å². The second-order valence-electron chi connectivity index (χ2n) is 8.06. The molecule has 2 fully saturated rings. The lowest BCUT2D eigenvalue weighted by Gasteiger charge is -2.37. The molecular formula is C22H26N6O. The third-order valence-corrected chi connectivity index (χ3v) is 6.24. The van der Waals surface area contributed by atoms with Gasteiger partial charge in [-0.05, 0) is 24.3 Å². The third kappa shape index (κ3) is 3.57. The van der Waals surface area contributed by atoms with E-state index in [1.807, 2.05) is 33.8 Å². The molecule has 1 aliphatic carbocycles. The van der Waals surface area contributed by atoms with Crippen LogP contribution in [0.4, 0.5) is 5.82 Å². The molecule has 1 amide bonds. The number of amides is 1. The summed E-state index contributed by atoms with van der Waals surface area (Å²) in [7, 11) is 0. The van der Waals surface area contributed by atoms with E-state index < -0.39 is 0 Å². The number of piperazine rings is 1. The van der Waals surface area contributed by atoms with Crippen LogP contribution in [0.3, 0.4) is 0 Å². The molecule has 5 rings (SSSR count). The van der Waals surface area contributed by atoms with Gasteiger partial charge in [-0.25, -0.2) is 4.98 Å². The summed E-state index contributed by atoms with van der Waals surface area (Å²) in [5.74, 6) is 2.52. The fraction of sp³-hybridized carbons (Fsp3) is 0.455. The molecule has 1 aromatic carbocycles. The van der Waals surface area contributed by atoms with Gasteiger partial charge in [-0.15, -0.1) is 0 Å². The van der Waals surface area contributed by atoms with E-state index in [1.54, 1.807) is 6.33 Å². The van der Waals surface area contributed by atoms with Crippen molar-refractivity contribution < 1.29 is 4.79 Å². The van der Waals surface area contributed by atoms with E-state index in [-0.39, 0.29) is 0 Å². The van der Waals surface area contributed by atoms with Gasteiger partial charge in [0, 0.05) is 44.4 Å². The standard InChI is InChI=1S/C22H26N6O/c29-20(14-17-6-4-5-7-17)26-10-12-27(13-11-26)21-19(18-8-2-1-3-9-18)15-23-22-24-16-25-28(21)22/h1-3,8-9,15-17H,4-7,10-14H2. The molecule has 0 atom stereocenters. The number of fused-ring (bicyclic) bond motifs is 1. The SMILES string of the molecule is O=C(CC1CCCC1)N1CCN(c2c(-c3ccccc3)cnc3ncnn23)CC1. The Morgan fingerprint density at radius 2 is 1.76 bits per heavy atom. The van der Waals surface area contributed by atoms with Gasteiger partial charge in [0.15, 0.2) is 0 Å². The first-order chi connectivity index (χ1) is 14.3. The van der Waals surface area contributed by atoms with E-state index in [0.717, 1.165) is 49.5 Å². The lowest BCUT2D eigenvalue weighted by molar-refractivity contribution is -0.132. The number of anilines is 1. The third-order valence-electron chi connectivity index (χ3n) is 6.24. The van der Waals surface area contributed by atoms with Gasteiger partial charge in [-0.3, -0.25) is 4.79 Å². The molecule has 1 aliphatic heterocycles. The Kier molecular flexibility index (Phi) is 4.87. The van der Waals surface area contributed by atoms with Crippen LogP contribution in [0.2, 0.25) is 0 Å². The molecule has 3 heterocycles. The van der Waals surface area contributed by atoms with Gasteiger partial charge < -0.3 is 9.80 Å². The van der Waals surface area contributed by atoms with Crippen LogP contribution in [0, 0.1) is 5.92 Å². The molecule has 2 aromatic heterocycles. The van der Waals surface area contributed by atoms with Crippen molar-refractivity contribution in [1.82, 2.24) is 24.5 Å². The number of hydrogen-bond donors (Lipinski definition) is 0. The van der Waals surface area contributed by atoms with Crippen molar-refractivity contribution in [3.63, 3.8) is 0 Å². The minimum absolute atomic E-state index is 0.320. The van der Waals surface area contributed by atoms with Gasteiger partial charge >= 0.3 is 0 Å². The van der Waals surface area contributed by atoms with E-state index in [9.17, 15) is 4.79 Å². The van der Waals surface area contributed by atoms with Gasteiger partial charge in [0.2, 0.25) is 5.91 Å². The topological polar surface area (TPSA) is 66.6 Å². The van der Waals surface area contributed by atoms with Crippen LogP contribution in [0.5, 0.6) is 0 Å². The molecule has 7 nitrogen and oxygen atoms in total. The normalized spacial score (nSPS) is 17.9. The van der Waals surface area contributed by atoms with E-state index in [0.29, 0.717) is 17.6 Å². The van der Waals surface area contributed by atoms with Gasteiger partial charge in [-0.1, -0.05) is 43.2 Å². The number of aromatic nitrogens is 4. The van der Waals surface area contributed by atoms with Crippen molar-refractivity contribution >= 4 is 17.5 Å². The van der Waals surface area contributed by atoms with E-state index in [1.165, 1.54) is 25.7 Å². The zero-order valence-electron chi connectivity index (χ0n) is 16.6. The highest BCUT2D eigenvalue weighted by Crippen LogP contribution is 2.31. The number of rotatable bonds is 4. The van der Waals surface area contributed by atoms with Gasteiger partial charge in [0.25, 0.3) is 5.78 Å². The fourth-order valence-electron chi connectivity index (χ4n) is 4.65. The molecule has 3 aromatic rings. The summed E-state index contributed by atoms with van der Waals surface area (Å²) in [5, 5.41) is 4.42. The smallest absolute Gasteiger partial charge is 0.254 e. The first-order valence-electron chi connectivity index (χ1n) is 10.6. The molecule has 150 valence electrons. The molecule has 0 radical (unpaired) electrons. The van der Waals surface area contributed by atoms with Crippen LogP contribution in [-0.2, 0) is 4.79 Å². The van der Waals surface area contributed by atoms with Crippen LogP contribution in [0.1, 0.15) is 32.1 Å². The second kappa shape index (κ2) is 7.81. The van der Waals surface area contributed by atoms with Gasteiger partial charge in [0.1, 0.15) is 12.1 Å². The quantitative estimate of drug-likeness (QED) is 0.685. The Bertz CT molecular complexity index is 987. The van der Waals surface area contributed by atoms with Crippen LogP contribution >= 0.6 is 0 Å². The number of benzene rings is 1. The second-order valence-corrected chi connectivity index (χ2v) is 8.06. The maximum Gasteiger partial charge on any atom is 0.254 e. The van der Waals surface area contributed by atoms with Crippen molar-refractivity contribution in [1.29, 1.82) is 0 Å². The highest BCUT2D eigenvalue weighted by molar-refractivity contribution is 5.78. The van der Waals surface area contributed by atoms with Crippen LogP contribution < -0.4 is 4.90 Å². The van der Waals surface area contributed by atoms with E-state index in [4.69, 9.17) is 0 Å². The Labute approximate surface area is 170 Å². The van der Waals surface area contributed by atoms with Gasteiger partial charge in [-0.2, -0.15) is 14.6 Å². The highest BCUT2D eigenvalue weighted by Gasteiger charge is 2.27.